The monoisotopic (exact) mass is 559 g/mol. The summed E-state index contributed by atoms with van der Waals surface area (Å²) in [5.74, 6) is -6.19. The summed E-state index contributed by atoms with van der Waals surface area (Å²) in [5.41, 5.74) is 4.38. The number of Topliss-reactive ketones (excluding diaryl/α,β-unsaturated/α-hetero) is 2. The van der Waals surface area contributed by atoms with E-state index in [0.717, 1.165) is 5.56 Å². The number of amides is 1. The lowest BCUT2D eigenvalue weighted by atomic mass is 9.59. The molecule has 1 saturated carbocycles. The number of hydrogen-bond donors (Lipinski definition) is 6. The molecular formula is C30H29N3O8. The number of nitrogens with zero attached hydrogens (tertiary/aromatic N) is 1. The second kappa shape index (κ2) is 10.4. The van der Waals surface area contributed by atoms with Gasteiger partial charge in [-0.2, -0.15) is 5.26 Å². The molecule has 2 aromatic carbocycles. The summed E-state index contributed by atoms with van der Waals surface area (Å²) in [6.45, 7) is 1.01. The van der Waals surface area contributed by atoms with Gasteiger partial charge >= 0.3 is 0 Å². The topological polar surface area (TPSA) is 203 Å². The van der Waals surface area contributed by atoms with Gasteiger partial charge in [-0.05, 0) is 53.6 Å². The Morgan fingerprint density at radius 2 is 1.93 bits per heavy atom. The number of aliphatic hydroxyl groups is 3. The van der Waals surface area contributed by atoms with Gasteiger partial charge in [0, 0.05) is 43.0 Å². The van der Waals surface area contributed by atoms with E-state index >= 15 is 0 Å². The number of hydrogen-bond acceptors (Lipinski definition) is 10. The molecular weight excluding hydrogens is 530 g/mol. The van der Waals surface area contributed by atoms with Crippen molar-refractivity contribution in [2.24, 2.45) is 17.6 Å². The molecule has 0 spiro atoms. The Bertz CT molecular complexity index is 1600. The van der Waals surface area contributed by atoms with Crippen LogP contribution in [0.5, 0.6) is 11.5 Å². The zero-order chi connectivity index (χ0) is 29.6. The number of carbonyl (C=O) groups is 3. The van der Waals surface area contributed by atoms with E-state index in [4.69, 9.17) is 15.7 Å². The number of nitrogens with one attached hydrogen (secondary N) is 1. The highest BCUT2D eigenvalue weighted by molar-refractivity contribution is 6.22. The Morgan fingerprint density at radius 3 is 2.61 bits per heavy atom. The molecule has 11 heteroatoms. The lowest BCUT2D eigenvalue weighted by molar-refractivity contribution is -0.147. The fourth-order valence-corrected chi connectivity index (χ4v) is 6.33. The number of phenolic OH excluding ortho intramolecular Hbond substituents is 1. The first-order chi connectivity index (χ1) is 19.5. The van der Waals surface area contributed by atoms with Crippen LogP contribution >= 0.6 is 0 Å². The summed E-state index contributed by atoms with van der Waals surface area (Å²) < 4.78 is 5.61. The second-order valence-electron chi connectivity index (χ2n) is 10.5. The predicted octanol–water partition coefficient (Wildman–Crippen LogP) is 2.10. The van der Waals surface area contributed by atoms with Crippen molar-refractivity contribution in [2.45, 2.75) is 37.8 Å². The average Bonchev–Trinajstić information content (AvgIpc) is 2.93. The molecule has 0 saturated heterocycles. The zero-order valence-corrected chi connectivity index (χ0v) is 22.2. The van der Waals surface area contributed by atoms with E-state index in [1.807, 2.05) is 12.1 Å². The minimum Gasteiger partial charge on any atom is -0.508 e. The maximum atomic E-state index is 13.7. The molecule has 41 heavy (non-hydrogen) atoms. The Morgan fingerprint density at radius 1 is 1.17 bits per heavy atom. The van der Waals surface area contributed by atoms with Gasteiger partial charge in [0.2, 0.25) is 5.78 Å². The van der Waals surface area contributed by atoms with E-state index in [-0.39, 0.29) is 36.1 Å². The Hall–Kier alpha value is -4.66. The molecule has 0 radical (unpaired) electrons. The Balaban J connectivity index is 1.63. The largest absolute Gasteiger partial charge is 0.508 e. The number of aliphatic hydroxyl groups excluding tert-OH is 2. The average molecular weight is 560 g/mol. The van der Waals surface area contributed by atoms with Crippen LogP contribution in [-0.4, -0.2) is 57.2 Å². The number of benzene rings is 2. The van der Waals surface area contributed by atoms with E-state index in [1.165, 1.54) is 13.2 Å². The first-order valence-corrected chi connectivity index (χ1v) is 13.1. The van der Waals surface area contributed by atoms with Gasteiger partial charge in [0.05, 0.1) is 18.7 Å². The summed E-state index contributed by atoms with van der Waals surface area (Å²) in [7, 11) is 1.52. The number of ketones is 2. The summed E-state index contributed by atoms with van der Waals surface area (Å²) in [6.07, 6.45) is 0.190. The maximum Gasteiger partial charge on any atom is 0.255 e. The van der Waals surface area contributed by atoms with Crippen LogP contribution in [-0.2, 0) is 27.3 Å². The van der Waals surface area contributed by atoms with Gasteiger partial charge in [-0.15, -0.1) is 0 Å². The van der Waals surface area contributed by atoms with Gasteiger partial charge in [-0.1, -0.05) is 12.1 Å². The summed E-state index contributed by atoms with van der Waals surface area (Å²) >= 11 is 0. The SMILES string of the molecule is COc1ccc(CNCCC#N)cc1-c1ccc(O)c2c1C[C@H]1C[C@H]3CC(=O)C(C(N)=O)=C(O)[C@@]3(O)C(=O)C1=C2O. The van der Waals surface area contributed by atoms with E-state index < -0.39 is 52.0 Å². The number of aromatic hydroxyl groups is 1. The molecule has 0 unspecified atom stereocenters. The number of primary amides is 1. The Kier molecular flexibility index (Phi) is 7.07. The number of rotatable bonds is 7. The minimum atomic E-state index is -2.61. The third-order valence-electron chi connectivity index (χ3n) is 8.24. The molecule has 5 rings (SSSR count). The molecule has 0 aromatic heterocycles. The molecule has 212 valence electrons. The van der Waals surface area contributed by atoms with Crippen LogP contribution in [0.15, 0.2) is 47.2 Å². The lowest BCUT2D eigenvalue weighted by Gasteiger charge is -2.46. The second-order valence-corrected chi connectivity index (χ2v) is 10.5. The fraction of sp³-hybridized carbons (Fsp3) is 0.333. The van der Waals surface area contributed by atoms with Crippen molar-refractivity contribution < 1.29 is 39.5 Å². The molecule has 0 aliphatic heterocycles. The van der Waals surface area contributed by atoms with E-state index in [2.05, 4.69) is 11.4 Å². The molecule has 3 aliphatic rings. The molecule has 0 bridgehead atoms. The van der Waals surface area contributed by atoms with Crippen molar-refractivity contribution in [1.82, 2.24) is 5.32 Å². The number of fused-ring (bicyclic) bond motifs is 3. The fourth-order valence-electron chi connectivity index (χ4n) is 6.33. The highest BCUT2D eigenvalue weighted by atomic mass is 16.5. The predicted molar refractivity (Wildman–Crippen MR) is 145 cm³/mol. The third kappa shape index (κ3) is 4.32. The first kappa shape index (κ1) is 27.9. The highest BCUT2D eigenvalue weighted by Gasteiger charge is 2.60. The molecule has 1 fully saturated rings. The molecule has 1 amide bonds. The number of methoxy groups -OCH3 is 1. The van der Waals surface area contributed by atoms with Crippen molar-refractivity contribution in [1.29, 1.82) is 5.26 Å². The number of ether oxygens (including phenoxy) is 1. The minimum absolute atomic E-state index is 0.00855. The van der Waals surface area contributed by atoms with Crippen molar-refractivity contribution in [2.75, 3.05) is 13.7 Å². The smallest absolute Gasteiger partial charge is 0.255 e. The molecule has 11 nitrogen and oxygen atoms in total. The van der Waals surface area contributed by atoms with Gasteiger partial charge in [0.1, 0.15) is 28.6 Å². The molecule has 2 aromatic rings. The normalized spacial score (nSPS) is 23.4. The first-order valence-electron chi connectivity index (χ1n) is 13.1. The van der Waals surface area contributed by atoms with E-state index in [9.17, 15) is 34.8 Å². The van der Waals surface area contributed by atoms with Crippen LogP contribution in [0.4, 0.5) is 0 Å². The number of nitriles is 1. The van der Waals surface area contributed by atoms with Crippen LogP contribution in [0, 0.1) is 23.2 Å². The number of carbonyl (C=O) groups excluding carboxylic acids is 3. The van der Waals surface area contributed by atoms with Crippen molar-refractivity contribution in [3.8, 4) is 28.7 Å². The van der Waals surface area contributed by atoms with Crippen LogP contribution in [0.1, 0.15) is 36.0 Å². The quantitative estimate of drug-likeness (QED) is 0.215. The summed E-state index contributed by atoms with van der Waals surface area (Å²) in [4.78, 5) is 38.2. The van der Waals surface area contributed by atoms with Gasteiger partial charge in [-0.25, -0.2) is 0 Å². The van der Waals surface area contributed by atoms with Crippen LogP contribution in [0.25, 0.3) is 16.9 Å². The van der Waals surface area contributed by atoms with Gasteiger partial charge < -0.3 is 36.2 Å². The highest BCUT2D eigenvalue weighted by Crippen LogP contribution is 2.53. The summed E-state index contributed by atoms with van der Waals surface area (Å²) in [5, 5.41) is 56.3. The van der Waals surface area contributed by atoms with E-state index in [0.29, 0.717) is 42.0 Å². The third-order valence-corrected chi connectivity index (χ3v) is 8.24. The van der Waals surface area contributed by atoms with Crippen LogP contribution in [0.2, 0.25) is 0 Å². The summed E-state index contributed by atoms with van der Waals surface area (Å²) in [6, 6.07) is 10.7. The van der Waals surface area contributed by atoms with Gasteiger partial charge in [0.15, 0.2) is 11.4 Å². The number of phenols is 1. The molecule has 3 atom stereocenters. The molecule has 3 aliphatic carbocycles. The van der Waals surface area contributed by atoms with Crippen molar-refractivity contribution in [3.05, 3.63) is 63.9 Å². The van der Waals surface area contributed by atoms with Gasteiger partial charge in [0.25, 0.3) is 5.91 Å². The van der Waals surface area contributed by atoms with Crippen LogP contribution in [0.3, 0.4) is 0 Å². The maximum absolute atomic E-state index is 13.7. The molecule has 0 heterocycles. The molecule has 7 N–H and O–H groups in total. The van der Waals surface area contributed by atoms with Crippen molar-refractivity contribution in [3.63, 3.8) is 0 Å². The van der Waals surface area contributed by atoms with Gasteiger partial charge in [-0.3, -0.25) is 14.4 Å². The van der Waals surface area contributed by atoms with E-state index in [1.54, 1.807) is 12.1 Å². The Labute approximate surface area is 235 Å². The zero-order valence-electron chi connectivity index (χ0n) is 22.2. The van der Waals surface area contributed by atoms with Crippen LogP contribution < -0.4 is 15.8 Å². The number of nitrogens with two attached hydrogens (primary N) is 1. The lowest BCUT2D eigenvalue weighted by Crippen LogP contribution is -2.58. The van der Waals surface area contributed by atoms with Crippen molar-refractivity contribution >= 4 is 23.2 Å². The standard InChI is InChI=1S/C30H29N3O8/c1-41-22-6-3-14(13-33-8-2-7-31)9-18(22)17-4-5-20(34)24-19(17)11-15-10-16-12-21(35)25(29(32)39)28(38)30(16,40)27(37)23(15)26(24)36/h3-6,9,15-16,33-34,36,38,40H,2,8,10-13H2,1H3,(H2,32,39)/t15-,16+,30+/m1/s1.